The van der Waals surface area contributed by atoms with Crippen molar-refractivity contribution in [2.75, 3.05) is 6.54 Å². The Bertz CT molecular complexity index is 539. The Morgan fingerprint density at radius 3 is 2.50 bits per heavy atom. The molecule has 2 N–H and O–H groups in total. The van der Waals surface area contributed by atoms with Gasteiger partial charge in [-0.3, -0.25) is 4.79 Å². The van der Waals surface area contributed by atoms with Crippen molar-refractivity contribution in [1.29, 1.82) is 0 Å². The summed E-state index contributed by atoms with van der Waals surface area (Å²) in [4.78, 5) is 14.7. The van der Waals surface area contributed by atoms with Crippen LogP contribution in [0.15, 0.2) is 18.2 Å². The van der Waals surface area contributed by atoms with E-state index in [1.54, 1.807) is 6.07 Å². The lowest BCUT2D eigenvalue weighted by Gasteiger charge is -2.27. The Morgan fingerprint density at radius 1 is 1.30 bits per heavy atom. The monoisotopic (exact) mass is 312 g/mol. The molecular formula is C15H18Cl2N2O. The van der Waals surface area contributed by atoms with E-state index in [9.17, 15) is 4.79 Å². The molecule has 2 aliphatic rings. The summed E-state index contributed by atoms with van der Waals surface area (Å²) in [6.07, 6.45) is 4.03. The molecule has 108 valence electrons. The summed E-state index contributed by atoms with van der Waals surface area (Å²) in [7, 11) is 0. The Labute approximate surface area is 129 Å². The fourth-order valence-electron chi connectivity index (χ4n) is 2.55. The molecule has 0 heterocycles. The maximum Gasteiger partial charge on any atom is 0.230 e. The first-order valence-corrected chi connectivity index (χ1v) is 7.76. The number of nitrogens with zero attached hydrogens (tertiary/aromatic N) is 1. The molecule has 5 heteroatoms. The third-order valence-corrected chi connectivity index (χ3v) is 5.02. The average molecular weight is 313 g/mol. The van der Waals surface area contributed by atoms with Gasteiger partial charge in [0, 0.05) is 19.1 Å². The molecule has 0 unspecified atom stereocenters. The van der Waals surface area contributed by atoms with Crippen LogP contribution in [0, 0.1) is 5.41 Å². The number of amides is 1. The van der Waals surface area contributed by atoms with Gasteiger partial charge in [-0.1, -0.05) is 29.3 Å². The van der Waals surface area contributed by atoms with Crippen molar-refractivity contribution in [1.82, 2.24) is 4.90 Å². The molecule has 0 bridgehead atoms. The second kappa shape index (κ2) is 5.21. The van der Waals surface area contributed by atoms with Crippen LogP contribution in [0.4, 0.5) is 0 Å². The van der Waals surface area contributed by atoms with Crippen LogP contribution in [0.1, 0.15) is 31.2 Å². The second-order valence-corrected chi connectivity index (χ2v) is 6.71. The van der Waals surface area contributed by atoms with E-state index in [4.69, 9.17) is 28.9 Å². The van der Waals surface area contributed by atoms with Crippen molar-refractivity contribution in [3.05, 3.63) is 33.8 Å². The predicted octanol–water partition coefficient (Wildman–Crippen LogP) is 3.22. The van der Waals surface area contributed by atoms with E-state index >= 15 is 0 Å². The number of hydrogen-bond acceptors (Lipinski definition) is 2. The van der Waals surface area contributed by atoms with Gasteiger partial charge in [0.1, 0.15) is 0 Å². The molecule has 1 aromatic rings. The fraction of sp³-hybridized carbons (Fsp3) is 0.533. The zero-order valence-electron chi connectivity index (χ0n) is 11.2. The van der Waals surface area contributed by atoms with Crippen LogP contribution in [0.2, 0.25) is 10.0 Å². The molecule has 0 atom stereocenters. The van der Waals surface area contributed by atoms with Gasteiger partial charge >= 0.3 is 0 Å². The maximum atomic E-state index is 12.7. The average Bonchev–Trinajstić information content (AvgIpc) is 3.32. The molecule has 0 saturated heterocycles. The van der Waals surface area contributed by atoms with Crippen LogP contribution >= 0.6 is 23.2 Å². The molecule has 0 aliphatic heterocycles. The van der Waals surface area contributed by atoms with Gasteiger partial charge in [0.05, 0.1) is 15.5 Å². The zero-order valence-corrected chi connectivity index (χ0v) is 12.8. The number of hydrogen-bond donors (Lipinski definition) is 1. The third kappa shape index (κ3) is 2.67. The molecular weight excluding hydrogens is 295 g/mol. The SMILES string of the molecule is NCC1(C(=O)N(Cc2ccc(Cl)c(Cl)c2)C2CC2)CC1. The van der Waals surface area contributed by atoms with Gasteiger partial charge in [0.15, 0.2) is 0 Å². The zero-order chi connectivity index (χ0) is 14.3. The summed E-state index contributed by atoms with van der Waals surface area (Å²) < 4.78 is 0. The minimum Gasteiger partial charge on any atom is -0.335 e. The number of carbonyl (C=O) groups excluding carboxylic acids is 1. The van der Waals surface area contributed by atoms with Crippen LogP contribution in [0.25, 0.3) is 0 Å². The normalized spacial score (nSPS) is 19.8. The smallest absolute Gasteiger partial charge is 0.230 e. The Kier molecular flexibility index (Phi) is 3.69. The lowest BCUT2D eigenvalue weighted by atomic mass is 10.0. The van der Waals surface area contributed by atoms with Crippen molar-refractivity contribution in [3.63, 3.8) is 0 Å². The molecule has 20 heavy (non-hydrogen) atoms. The Morgan fingerprint density at radius 2 is 2.00 bits per heavy atom. The van der Waals surface area contributed by atoms with Gasteiger partial charge < -0.3 is 10.6 Å². The molecule has 0 aromatic heterocycles. The number of nitrogens with two attached hydrogens (primary N) is 1. The molecule has 2 fully saturated rings. The first-order chi connectivity index (χ1) is 9.55. The number of benzene rings is 1. The third-order valence-electron chi connectivity index (χ3n) is 4.28. The lowest BCUT2D eigenvalue weighted by molar-refractivity contribution is -0.137. The van der Waals surface area contributed by atoms with Gasteiger partial charge in [0.2, 0.25) is 5.91 Å². The summed E-state index contributed by atoms with van der Waals surface area (Å²) in [5.74, 6) is 0.216. The first kappa shape index (κ1) is 14.2. The van der Waals surface area contributed by atoms with Gasteiger partial charge in [-0.2, -0.15) is 0 Å². The van der Waals surface area contributed by atoms with Gasteiger partial charge in [-0.25, -0.2) is 0 Å². The molecule has 3 nitrogen and oxygen atoms in total. The van der Waals surface area contributed by atoms with E-state index in [1.807, 2.05) is 17.0 Å². The van der Waals surface area contributed by atoms with E-state index in [0.717, 1.165) is 31.2 Å². The molecule has 3 rings (SSSR count). The van der Waals surface area contributed by atoms with Gasteiger partial charge in [0.25, 0.3) is 0 Å². The largest absolute Gasteiger partial charge is 0.335 e. The van der Waals surface area contributed by atoms with Crippen LogP contribution in [0.5, 0.6) is 0 Å². The summed E-state index contributed by atoms with van der Waals surface area (Å²) in [6, 6.07) is 5.93. The molecule has 1 amide bonds. The van der Waals surface area contributed by atoms with Gasteiger partial charge in [-0.05, 0) is 43.4 Å². The number of carbonyl (C=O) groups is 1. The van der Waals surface area contributed by atoms with E-state index in [2.05, 4.69) is 0 Å². The van der Waals surface area contributed by atoms with Crippen molar-refractivity contribution in [2.24, 2.45) is 11.1 Å². The summed E-state index contributed by atoms with van der Waals surface area (Å²) in [5.41, 5.74) is 6.52. The van der Waals surface area contributed by atoms with Crippen LogP contribution < -0.4 is 5.73 Å². The lowest BCUT2D eigenvalue weighted by Crippen LogP contribution is -2.41. The topological polar surface area (TPSA) is 46.3 Å². The highest BCUT2D eigenvalue weighted by atomic mass is 35.5. The minimum atomic E-state index is -0.279. The van der Waals surface area contributed by atoms with Crippen LogP contribution in [-0.4, -0.2) is 23.4 Å². The van der Waals surface area contributed by atoms with E-state index in [1.165, 1.54) is 0 Å². The molecule has 2 aliphatic carbocycles. The van der Waals surface area contributed by atoms with E-state index in [-0.39, 0.29) is 11.3 Å². The minimum absolute atomic E-state index is 0.216. The molecule has 0 spiro atoms. The van der Waals surface area contributed by atoms with Crippen molar-refractivity contribution in [2.45, 2.75) is 38.3 Å². The quantitative estimate of drug-likeness (QED) is 0.907. The fourth-order valence-corrected chi connectivity index (χ4v) is 2.87. The molecule has 2 saturated carbocycles. The van der Waals surface area contributed by atoms with Crippen LogP contribution in [-0.2, 0) is 11.3 Å². The second-order valence-electron chi connectivity index (χ2n) is 5.90. The van der Waals surface area contributed by atoms with Crippen molar-refractivity contribution in [3.8, 4) is 0 Å². The first-order valence-electron chi connectivity index (χ1n) is 7.01. The summed E-state index contributed by atoms with van der Waals surface area (Å²) in [5, 5.41) is 1.08. The number of halogens is 2. The van der Waals surface area contributed by atoms with Crippen LogP contribution in [0.3, 0.4) is 0 Å². The van der Waals surface area contributed by atoms with Gasteiger partial charge in [-0.15, -0.1) is 0 Å². The number of rotatable bonds is 5. The summed E-state index contributed by atoms with van der Waals surface area (Å²) in [6.45, 7) is 1.05. The highest BCUT2D eigenvalue weighted by molar-refractivity contribution is 6.42. The van der Waals surface area contributed by atoms with Crippen molar-refractivity contribution < 1.29 is 4.79 Å². The Hall–Kier alpha value is -0.770. The van der Waals surface area contributed by atoms with Crippen molar-refractivity contribution >= 4 is 29.1 Å². The highest BCUT2D eigenvalue weighted by Gasteiger charge is 2.52. The molecule has 1 aromatic carbocycles. The van der Waals surface area contributed by atoms with E-state index < -0.39 is 0 Å². The Balaban J connectivity index is 1.78. The molecule has 0 radical (unpaired) electrons. The van der Waals surface area contributed by atoms with E-state index in [0.29, 0.717) is 29.2 Å². The maximum absolute atomic E-state index is 12.7. The summed E-state index contributed by atoms with van der Waals surface area (Å²) >= 11 is 12.0. The highest BCUT2D eigenvalue weighted by Crippen LogP contribution is 2.48. The standard InChI is InChI=1S/C15H18Cl2N2O/c16-12-4-1-10(7-13(12)17)8-19(11-2-3-11)14(20)15(9-18)5-6-15/h1,4,7,11H,2-3,5-6,8-9,18H2. The predicted molar refractivity (Wildman–Crippen MR) is 80.8 cm³/mol.